The number of esters is 1. The molecule has 8 nitrogen and oxygen atoms in total. The summed E-state index contributed by atoms with van der Waals surface area (Å²) < 4.78 is 22.4. The van der Waals surface area contributed by atoms with Crippen molar-refractivity contribution in [2.24, 2.45) is 0 Å². The van der Waals surface area contributed by atoms with E-state index in [1.54, 1.807) is 25.1 Å². The first-order valence-electron chi connectivity index (χ1n) is 13.2. The van der Waals surface area contributed by atoms with Crippen LogP contribution in [0, 0.1) is 5.82 Å². The summed E-state index contributed by atoms with van der Waals surface area (Å²) in [6.45, 7) is 6.84. The largest absolute Gasteiger partial charge is 0.465 e. The molecule has 9 heteroatoms. The minimum absolute atomic E-state index is 0.225. The van der Waals surface area contributed by atoms with Crippen LogP contribution in [0.5, 0.6) is 0 Å². The minimum Gasteiger partial charge on any atom is -0.465 e. The van der Waals surface area contributed by atoms with Gasteiger partial charge in [0.05, 0.1) is 18.3 Å². The van der Waals surface area contributed by atoms with Crippen molar-refractivity contribution in [3.63, 3.8) is 0 Å². The summed E-state index contributed by atoms with van der Waals surface area (Å²) in [4.78, 5) is 30.3. The van der Waals surface area contributed by atoms with E-state index in [9.17, 15) is 14.0 Å². The molecule has 0 saturated carbocycles. The van der Waals surface area contributed by atoms with Gasteiger partial charge in [0, 0.05) is 37.4 Å². The Hall–Kier alpha value is -4.24. The molecule has 3 aromatic carbocycles. The molecule has 2 heterocycles. The molecule has 1 saturated heterocycles. The highest BCUT2D eigenvalue weighted by Crippen LogP contribution is 2.26. The fraction of sp³-hybridized carbons (Fsp3) is 0.300. The maximum atomic E-state index is 14.3. The van der Waals surface area contributed by atoms with Crippen molar-refractivity contribution in [3.8, 4) is 5.69 Å². The maximum absolute atomic E-state index is 14.3. The first-order chi connectivity index (χ1) is 19.0. The molecule has 0 N–H and O–H groups in total. The number of rotatable bonds is 8. The topological polar surface area (TPSA) is 72.6 Å². The number of piperazine rings is 1. The summed E-state index contributed by atoms with van der Waals surface area (Å²) in [5.74, 6) is -0.593. The van der Waals surface area contributed by atoms with Gasteiger partial charge in [-0.2, -0.15) is 5.10 Å². The van der Waals surface area contributed by atoms with Crippen LogP contribution in [0.25, 0.3) is 5.69 Å². The van der Waals surface area contributed by atoms with Gasteiger partial charge in [-0.15, -0.1) is 0 Å². The molecule has 1 aliphatic heterocycles. The molecule has 0 radical (unpaired) electrons. The Kier molecular flexibility index (Phi) is 7.88. The van der Waals surface area contributed by atoms with Crippen LogP contribution in [-0.2, 0) is 9.53 Å². The second-order valence-electron chi connectivity index (χ2n) is 9.53. The van der Waals surface area contributed by atoms with E-state index in [1.807, 2.05) is 61.5 Å². The van der Waals surface area contributed by atoms with Crippen LogP contribution in [0.4, 0.5) is 10.1 Å². The third-order valence-corrected chi connectivity index (χ3v) is 7.21. The molecule has 1 aliphatic rings. The summed E-state index contributed by atoms with van der Waals surface area (Å²) in [5.41, 5.74) is 2.73. The quantitative estimate of drug-likeness (QED) is 0.319. The molecule has 202 valence electrons. The zero-order chi connectivity index (χ0) is 27.4. The Labute approximate surface area is 226 Å². The van der Waals surface area contributed by atoms with Gasteiger partial charge in [0.2, 0.25) is 0 Å². The summed E-state index contributed by atoms with van der Waals surface area (Å²) in [6, 6.07) is 22.9. The SMILES string of the molecule is CCOC(=O)C(c1ccccc1)N1CCN(c2ccc(-n3cnn(C(C)c4ccccc4F)c3=O)cc2)CC1. The summed E-state index contributed by atoms with van der Waals surface area (Å²) in [6.07, 6.45) is 1.46. The van der Waals surface area contributed by atoms with Crippen molar-refractivity contribution < 1.29 is 13.9 Å². The summed E-state index contributed by atoms with van der Waals surface area (Å²) >= 11 is 0. The molecule has 0 amide bonds. The predicted octanol–water partition coefficient (Wildman–Crippen LogP) is 4.21. The van der Waals surface area contributed by atoms with E-state index >= 15 is 0 Å². The van der Waals surface area contributed by atoms with Crippen LogP contribution in [0.1, 0.15) is 37.1 Å². The third-order valence-electron chi connectivity index (χ3n) is 7.21. The van der Waals surface area contributed by atoms with E-state index in [1.165, 1.54) is 21.6 Å². The van der Waals surface area contributed by atoms with Gasteiger partial charge in [0.15, 0.2) is 0 Å². The lowest BCUT2D eigenvalue weighted by atomic mass is 10.0. The molecule has 2 atom stereocenters. The molecule has 0 aliphatic carbocycles. The first kappa shape index (κ1) is 26.4. The van der Waals surface area contributed by atoms with Crippen molar-refractivity contribution >= 4 is 11.7 Å². The van der Waals surface area contributed by atoms with Gasteiger partial charge < -0.3 is 9.64 Å². The molecular weight excluding hydrogens is 497 g/mol. The number of anilines is 1. The highest BCUT2D eigenvalue weighted by Gasteiger charge is 2.31. The number of nitrogens with zero attached hydrogens (tertiary/aromatic N) is 5. The van der Waals surface area contributed by atoms with Crippen molar-refractivity contribution in [3.05, 3.63) is 113 Å². The van der Waals surface area contributed by atoms with E-state index in [4.69, 9.17) is 4.74 Å². The van der Waals surface area contributed by atoms with Gasteiger partial charge in [-0.1, -0.05) is 48.5 Å². The number of hydrogen-bond donors (Lipinski definition) is 0. The number of carbonyl (C=O) groups excluding carboxylic acids is 1. The van der Waals surface area contributed by atoms with E-state index in [0.29, 0.717) is 30.9 Å². The fourth-order valence-corrected chi connectivity index (χ4v) is 5.12. The average Bonchev–Trinajstić information content (AvgIpc) is 3.35. The van der Waals surface area contributed by atoms with Gasteiger partial charge in [-0.25, -0.2) is 23.2 Å². The number of carbonyl (C=O) groups is 1. The van der Waals surface area contributed by atoms with E-state index in [0.717, 1.165) is 24.3 Å². The molecule has 5 rings (SSSR count). The molecule has 39 heavy (non-hydrogen) atoms. The minimum atomic E-state index is -0.537. The predicted molar refractivity (Wildman–Crippen MR) is 148 cm³/mol. The Morgan fingerprint density at radius 3 is 2.23 bits per heavy atom. The zero-order valence-electron chi connectivity index (χ0n) is 22.1. The highest BCUT2D eigenvalue weighted by molar-refractivity contribution is 5.77. The molecular formula is C30H32FN5O3. The lowest BCUT2D eigenvalue weighted by Crippen LogP contribution is -2.49. The molecule has 1 fully saturated rings. The Bertz CT molecular complexity index is 1460. The summed E-state index contributed by atoms with van der Waals surface area (Å²) in [7, 11) is 0. The standard InChI is InChI=1S/C30H32FN5O3/c1-3-39-29(37)28(23-9-5-4-6-10-23)34-19-17-33(18-20-34)24-13-15-25(16-14-24)35-21-32-36(30(35)38)22(2)26-11-7-8-12-27(26)31/h4-16,21-22,28H,3,17-20H2,1-2H3. The van der Waals surface area contributed by atoms with E-state index in [2.05, 4.69) is 14.9 Å². The highest BCUT2D eigenvalue weighted by atomic mass is 19.1. The maximum Gasteiger partial charge on any atom is 0.350 e. The van der Waals surface area contributed by atoms with Crippen LogP contribution in [0.2, 0.25) is 0 Å². The third kappa shape index (κ3) is 5.49. The van der Waals surface area contributed by atoms with Gasteiger partial charge in [-0.3, -0.25) is 4.90 Å². The van der Waals surface area contributed by atoms with Gasteiger partial charge in [0.25, 0.3) is 0 Å². The monoisotopic (exact) mass is 529 g/mol. The van der Waals surface area contributed by atoms with Gasteiger partial charge in [-0.05, 0) is 49.7 Å². The van der Waals surface area contributed by atoms with Crippen molar-refractivity contribution in [2.75, 3.05) is 37.7 Å². The molecule has 4 aromatic rings. The average molecular weight is 530 g/mol. The number of aromatic nitrogens is 3. The number of ether oxygens (including phenoxy) is 1. The van der Waals surface area contributed by atoms with E-state index < -0.39 is 12.1 Å². The lowest BCUT2D eigenvalue weighted by molar-refractivity contribution is -0.150. The number of benzene rings is 3. The Morgan fingerprint density at radius 2 is 1.56 bits per heavy atom. The molecule has 0 bridgehead atoms. The number of hydrogen-bond acceptors (Lipinski definition) is 6. The van der Waals surface area contributed by atoms with Crippen LogP contribution in [0.15, 0.2) is 90.0 Å². The van der Waals surface area contributed by atoms with Crippen molar-refractivity contribution in [1.29, 1.82) is 0 Å². The molecule has 0 spiro atoms. The summed E-state index contributed by atoms with van der Waals surface area (Å²) in [5, 5.41) is 4.25. The van der Waals surface area contributed by atoms with Crippen LogP contribution in [-0.4, -0.2) is 58.0 Å². The van der Waals surface area contributed by atoms with Crippen molar-refractivity contribution in [2.45, 2.75) is 25.9 Å². The smallest absolute Gasteiger partial charge is 0.350 e. The van der Waals surface area contributed by atoms with Crippen LogP contribution in [0.3, 0.4) is 0 Å². The van der Waals surface area contributed by atoms with Crippen LogP contribution >= 0.6 is 0 Å². The first-order valence-corrected chi connectivity index (χ1v) is 13.2. The lowest BCUT2D eigenvalue weighted by Gasteiger charge is -2.39. The Balaban J connectivity index is 1.27. The second kappa shape index (κ2) is 11.7. The van der Waals surface area contributed by atoms with E-state index in [-0.39, 0.29) is 17.5 Å². The second-order valence-corrected chi connectivity index (χ2v) is 9.53. The normalized spacial score (nSPS) is 15.6. The fourth-order valence-electron chi connectivity index (χ4n) is 5.12. The van der Waals surface area contributed by atoms with Gasteiger partial charge in [0.1, 0.15) is 18.2 Å². The molecule has 2 unspecified atom stereocenters. The van der Waals surface area contributed by atoms with Gasteiger partial charge >= 0.3 is 11.7 Å². The Morgan fingerprint density at radius 1 is 0.923 bits per heavy atom. The number of halogens is 1. The van der Waals surface area contributed by atoms with Crippen LogP contribution < -0.4 is 10.6 Å². The molecule has 1 aromatic heterocycles. The van der Waals surface area contributed by atoms with Crippen molar-refractivity contribution in [1.82, 2.24) is 19.2 Å². The zero-order valence-corrected chi connectivity index (χ0v) is 22.1.